The van der Waals surface area contributed by atoms with E-state index >= 15 is 0 Å². The molecule has 0 bridgehead atoms. The average Bonchev–Trinajstić information content (AvgIpc) is 2.29. The van der Waals surface area contributed by atoms with Gasteiger partial charge in [-0.15, -0.1) is 0 Å². The Kier molecular flexibility index (Phi) is 4.40. The second kappa shape index (κ2) is 5.83. The van der Waals surface area contributed by atoms with Crippen LogP contribution >= 0.6 is 0 Å². The SMILES string of the molecule is C[C@@H]1CCCCN1C(=O)CN1CCC[C@@H](O)C1. The van der Waals surface area contributed by atoms with Crippen molar-refractivity contribution >= 4 is 5.91 Å². The Balaban J connectivity index is 1.83. The zero-order valence-corrected chi connectivity index (χ0v) is 10.8. The lowest BCUT2D eigenvalue weighted by atomic mass is 10.0. The van der Waals surface area contributed by atoms with Crippen LogP contribution in [0.15, 0.2) is 0 Å². The Morgan fingerprint density at radius 1 is 1.24 bits per heavy atom. The average molecular weight is 240 g/mol. The number of amides is 1. The minimum Gasteiger partial charge on any atom is -0.392 e. The fraction of sp³-hybridized carbons (Fsp3) is 0.923. The van der Waals surface area contributed by atoms with Gasteiger partial charge in [-0.2, -0.15) is 0 Å². The molecule has 0 aromatic rings. The van der Waals surface area contributed by atoms with Gasteiger partial charge in [-0.3, -0.25) is 9.69 Å². The number of likely N-dealkylation sites (tertiary alicyclic amines) is 2. The van der Waals surface area contributed by atoms with Crippen LogP contribution in [0.4, 0.5) is 0 Å². The van der Waals surface area contributed by atoms with Gasteiger partial charge in [0.05, 0.1) is 12.6 Å². The van der Waals surface area contributed by atoms with E-state index in [1.165, 1.54) is 6.42 Å². The van der Waals surface area contributed by atoms with Crippen molar-refractivity contribution in [3.05, 3.63) is 0 Å². The van der Waals surface area contributed by atoms with Crippen LogP contribution in [0, 0.1) is 0 Å². The van der Waals surface area contributed by atoms with Gasteiger partial charge in [0.15, 0.2) is 0 Å². The third kappa shape index (κ3) is 3.42. The van der Waals surface area contributed by atoms with Crippen molar-refractivity contribution in [2.24, 2.45) is 0 Å². The molecule has 17 heavy (non-hydrogen) atoms. The zero-order valence-electron chi connectivity index (χ0n) is 10.8. The summed E-state index contributed by atoms with van der Waals surface area (Å²) in [7, 11) is 0. The van der Waals surface area contributed by atoms with E-state index in [1.54, 1.807) is 0 Å². The largest absolute Gasteiger partial charge is 0.392 e. The molecular formula is C13H24N2O2. The predicted molar refractivity (Wildman–Crippen MR) is 66.7 cm³/mol. The molecule has 1 N–H and O–H groups in total. The first kappa shape index (κ1) is 12.8. The summed E-state index contributed by atoms with van der Waals surface area (Å²) in [5.41, 5.74) is 0. The smallest absolute Gasteiger partial charge is 0.236 e. The van der Waals surface area contributed by atoms with Crippen molar-refractivity contribution in [2.45, 2.75) is 51.2 Å². The Hall–Kier alpha value is -0.610. The van der Waals surface area contributed by atoms with Crippen molar-refractivity contribution < 1.29 is 9.90 Å². The molecular weight excluding hydrogens is 216 g/mol. The summed E-state index contributed by atoms with van der Waals surface area (Å²) in [6, 6.07) is 0.394. The summed E-state index contributed by atoms with van der Waals surface area (Å²) >= 11 is 0. The Morgan fingerprint density at radius 3 is 2.76 bits per heavy atom. The summed E-state index contributed by atoms with van der Waals surface area (Å²) in [6.07, 6.45) is 5.16. The highest BCUT2D eigenvalue weighted by molar-refractivity contribution is 5.78. The van der Waals surface area contributed by atoms with Gasteiger partial charge in [-0.25, -0.2) is 0 Å². The molecule has 98 valence electrons. The van der Waals surface area contributed by atoms with Crippen LogP contribution in [-0.2, 0) is 4.79 Å². The van der Waals surface area contributed by atoms with Crippen LogP contribution < -0.4 is 0 Å². The molecule has 0 radical (unpaired) electrons. The summed E-state index contributed by atoms with van der Waals surface area (Å²) < 4.78 is 0. The number of nitrogens with zero attached hydrogens (tertiary/aromatic N) is 2. The number of hydrogen-bond donors (Lipinski definition) is 1. The van der Waals surface area contributed by atoms with Gasteiger partial charge < -0.3 is 10.0 Å². The van der Waals surface area contributed by atoms with Gasteiger partial charge in [0.2, 0.25) is 5.91 Å². The second-order valence-electron chi connectivity index (χ2n) is 5.46. The number of β-amino-alcohol motifs (C(OH)–C–C–N with tert-alkyl or cyclic N) is 1. The quantitative estimate of drug-likeness (QED) is 0.778. The van der Waals surface area contributed by atoms with Crippen molar-refractivity contribution in [2.75, 3.05) is 26.2 Å². The van der Waals surface area contributed by atoms with Crippen LogP contribution in [0.5, 0.6) is 0 Å². The molecule has 0 aromatic carbocycles. The van der Waals surface area contributed by atoms with Crippen LogP contribution in [-0.4, -0.2) is 59.1 Å². The molecule has 4 nitrogen and oxygen atoms in total. The first-order valence-electron chi connectivity index (χ1n) is 6.86. The molecule has 1 amide bonds. The molecule has 0 saturated carbocycles. The van der Waals surface area contributed by atoms with E-state index in [2.05, 4.69) is 11.8 Å². The van der Waals surface area contributed by atoms with Crippen molar-refractivity contribution in [3.63, 3.8) is 0 Å². The number of aliphatic hydroxyl groups is 1. The van der Waals surface area contributed by atoms with E-state index in [0.29, 0.717) is 19.1 Å². The number of carbonyl (C=O) groups excluding carboxylic acids is 1. The zero-order chi connectivity index (χ0) is 12.3. The molecule has 0 unspecified atom stereocenters. The van der Waals surface area contributed by atoms with E-state index in [-0.39, 0.29) is 12.0 Å². The Bertz CT molecular complexity index is 270. The Morgan fingerprint density at radius 2 is 2.06 bits per heavy atom. The van der Waals surface area contributed by atoms with Gasteiger partial charge in [-0.05, 0) is 45.6 Å². The summed E-state index contributed by atoms with van der Waals surface area (Å²) in [6.45, 7) is 5.15. The molecule has 2 atom stereocenters. The van der Waals surface area contributed by atoms with Crippen molar-refractivity contribution in [1.82, 2.24) is 9.80 Å². The maximum Gasteiger partial charge on any atom is 0.236 e. The predicted octanol–water partition coefficient (Wildman–Crippen LogP) is 0.844. The van der Waals surface area contributed by atoms with Crippen LogP contribution in [0.1, 0.15) is 39.0 Å². The van der Waals surface area contributed by atoms with Gasteiger partial charge in [0.1, 0.15) is 0 Å². The monoisotopic (exact) mass is 240 g/mol. The summed E-state index contributed by atoms with van der Waals surface area (Å²) in [5, 5.41) is 9.59. The number of aliphatic hydroxyl groups excluding tert-OH is 1. The highest BCUT2D eigenvalue weighted by Crippen LogP contribution is 2.17. The van der Waals surface area contributed by atoms with E-state index < -0.39 is 0 Å². The first-order chi connectivity index (χ1) is 8.16. The summed E-state index contributed by atoms with van der Waals surface area (Å²) in [4.78, 5) is 16.3. The number of hydrogen-bond acceptors (Lipinski definition) is 3. The van der Waals surface area contributed by atoms with Crippen LogP contribution in [0.2, 0.25) is 0 Å². The number of piperidine rings is 2. The van der Waals surface area contributed by atoms with Crippen molar-refractivity contribution in [1.29, 1.82) is 0 Å². The van der Waals surface area contributed by atoms with E-state index in [1.807, 2.05) is 4.90 Å². The number of rotatable bonds is 2. The van der Waals surface area contributed by atoms with Crippen LogP contribution in [0.3, 0.4) is 0 Å². The minimum atomic E-state index is -0.240. The molecule has 2 saturated heterocycles. The topological polar surface area (TPSA) is 43.8 Å². The molecule has 0 aliphatic carbocycles. The third-order valence-electron chi connectivity index (χ3n) is 3.96. The molecule has 4 heteroatoms. The van der Waals surface area contributed by atoms with Gasteiger partial charge in [-0.1, -0.05) is 0 Å². The Labute approximate surface area is 104 Å². The molecule has 0 spiro atoms. The maximum atomic E-state index is 12.2. The standard InChI is InChI=1S/C13H24N2O2/c1-11-5-2-3-8-15(11)13(17)10-14-7-4-6-12(16)9-14/h11-12,16H,2-10H2,1H3/t11-,12-/m1/s1. The summed E-state index contributed by atoms with van der Waals surface area (Å²) in [5.74, 6) is 0.242. The lowest BCUT2D eigenvalue weighted by Gasteiger charge is -2.36. The van der Waals surface area contributed by atoms with Gasteiger partial charge >= 0.3 is 0 Å². The molecule has 0 aromatic heterocycles. The molecule has 2 heterocycles. The molecule has 2 fully saturated rings. The third-order valence-corrected chi connectivity index (χ3v) is 3.96. The normalized spacial score (nSPS) is 31.5. The van der Waals surface area contributed by atoms with Gasteiger partial charge in [0.25, 0.3) is 0 Å². The van der Waals surface area contributed by atoms with Crippen molar-refractivity contribution in [3.8, 4) is 0 Å². The van der Waals surface area contributed by atoms with E-state index in [0.717, 1.165) is 38.8 Å². The minimum absolute atomic E-state index is 0.240. The lowest BCUT2D eigenvalue weighted by molar-refractivity contribution is -0.136. The molecule has 2 aliphatic rings. The molecule has 2 aliphatic heterocycles. The highest BCUT2D eigenvalue weighted by Gasteiger charge is 2.26. The van der Waals surface area contributed by atoms with Gasteiger partial charge in [0, 0.05) is 19.1 Å². The van der Waals surface area contributed by atoms with E-state index in [4.69, 9.17) is 0 Å². The number of carbonyl (C=O) groups is 1. The van der Waals surface area contributed by atoms with Crippen LogP contribution in [0.25, 0.3) is 0 Å². The fourth-order valence-electron chi connectivity index (χ4n) is 2.93. The van der Waals surface area contributed by atoms with E-state index in [9.17, 15) is 9.90 Å². The molecule has 2 rings (SSSR count). The lowest BCUT2D eigenvalue weighted by Crippen LogP contribution is -2.49. The maximum absolute atomic E-state index is 12.2. The first-order valence-corrected chi connectivity index (χ1v) is 6.86. The highest BCUT2D eigenvalue weighted by atomic mass is 16.3. The second-order valence-corrected chi connectivity index (χ2v) is 5.46. The fourth-order valence-corrected chi connectivity index (χ4v) is 2.93.